The summed E-state index contributed by atoms with van der Waals surface area (Å²) in [6.07, 6.45) is 0. The Labute approximate surface area is 82.8 Å². The summed E-state index contributed by atoms with van der Waals surface area (Å²) < 4.78 is 30.7. The van der Waals surface area contributed by atoms with E-state index in [-0.39, 0.29) is 11.3 Å². The number of methoxy groups -OCH3 is 1. The van der Waals surface area contributed by atoms with Crippen LogP contribution in [0.2, 0.25) is 0 Å². The van der Waals surface area contributed by atoms with Gasteiger partial charge >= 0.3 is 0 Å². The lowest BCUT2D eigenvalue weighted by molar-refractivity contribution is 0.382. The number of hydrogen-bond donors (Lipinski definition) is 1. The highest BCUT2D eigenvalue weighted by atomic mass is 79.9. The normalized spacial score (nSPS) is 12.7. The van der Waals surface area contributed by atoms with E-state index in [9.17, 15) is 8.78 Å². The first-order valence-corrected chi connectivity index (χ1v) is 4.40. The lowest BCUT2D eigenvalue weighted by Gasteiger charge is -2.08. The fraction of sp³-hybridized carbons (Fsp3) is 0.250. The highest BCUT2D eigenvalue weighted by molar-refractivity contribution is 9.09. The number of rotatable bonds is 2. The van der Waals surface area contributed by atoms with Crippen LogP contribution in [0.15, 0.2) is 12.1 Å². The van der Waals surface area contributed by atoms with Crippen molar-refractivity contribution >= 4 is 15.9 Å². The summed E-state index contributed by atoms with van der Waals surface area (Å²) in [5.41, 5.74) is 5.41. The minimum absolute atomic E-state index is 0.0679. The van der Waals surface area contributed by atoms with Crippen LogP contribution >= 0.6 is 15.9 Å². The molecule has 0 aliphatic carbocycles. The van der Waals surface area contributed by atoms with Gasteiger partial charge in [0.05, 0.1) is 12.1 Å². The Morgan fingerprint density at radius 2 is 2.00 bits per heavy atom. The molecule has 0 saturated carbocycles. The van der Waals surface area contributed by atoms with Crippen LogP contribution in [0.5, 0.6) is 5.75 Å². The fourth-order valence-corrected chi connectivity index (χ4v) is 1.26. The molecule has 2 N–H and O–H groups in total. The summed E-state index contributed by atoms with van der Waals surface area (Å²) in [6, 6.07) is 1.97. The number of halogens is 3. The largest absolute Gasteiger partial charge is 0.494 e. The molecule has 0 bridgehead atoms. The van der Waals surface area contributed by atoms with Gasteiger partial charge in [-0.3, -0.25) is 0 Å². The Bertz CT molecular complexity index is 317. The average molecular weight is 252 g/mol. The zero-order chi connectivity index (χ0) is 10.0. The van der Waals surface area contributed by atoms with Crippen molar-refractivity contribution in [3.63, 3.8) is 0 Å². The molecule has 0 amide bonds. The van der Waals surface area contributed by atoms with E-state index in [1.807, 2.05) is 0 Å². The lowest BCUT2D eigenvalue weighted by atomic mass is 10.2. The highest BCUT2D eigenvalue weighted by Crippen LogP contribution is 2.26. The quantitative estimate of drug-likeness (QED) is 0.647. The van der Waals surface area contributed by atoms with Gasteiger partial charge in [0, 0.05) is 11.6 Å². The van der Waals surface area contributed by atoms with E-state index >= 15 is 0 Å². The number of alkyl halides is 1. The third kappa shape index (κ3) is 2.16. The Morgan fingerprint density at radius 1 is 1.38 bits per heavy atom. The average Bonchev–Trinajstić information content (AvgIpc) is 2.07. The molecule has 0 fully saturated rings. The molecule has 0 aromatic heterocycles. The van der Waals surface area contributed by atoms with E-state index in [1.54, 1.807) is 0 Å². The minimum Gasteiger partial charge on any atom is -0.494 e. The van der Waals surface area contributed by atoms with Crippen LogP contribution in [0, 0.1) is 11.6 Å². The molecule has 0 spiro atoms. The molecule has 1 unspecified atom stereocenters. The fourth-order valence-electron chi connectivity index (χ4n) is 0.912. The van der Waals surface area contributed by atoms with Crippen molar-refractivity contribution in [2.75, 3.05) is 7.11 Å². The van der Waals surface area contributed by atoms with Gasteiger partial charge < -0.3 is 10.5 Å². The molecule has 0 heterocycles. The molecule has 1 aromatic carbocycles. The van der Waals surface area contributed by atoms with Gasteiger partial charge in [-0.2, -0.15) is 0 Å². The Hall–Kier alpha value is -0.680. The second-order valence-electron chi connectivity index (χ2n) is 2.41. The second kappa shape index (κ2) is 4.02. The standard InChI is InChI=1S/C8H8BrF2NO/c1-13-7-3-5(10)4(8(9)12)2-6(7)11/h2-3,8H,12H2,1H3. The van der Waals surface area contributed by atoms with Crippen molar-refractivity contribution in [1.29, 1.82) is 0 Å². The predicted octanol–water partition coefficient (Wildman–Crippen LogP) is 2.33. The van der Waals surface area contributed by atoms with E-state index < -0.39 is 16.6 Å². The minimum atomic E-state index is -0.715. The topological polar surface area (TPSA) is 35.2 Å². The van der Waals surface area contributed by atoms with Crippen LogP contribution in [-0.4, -0.2) is 7.11 Å². The number of benzene rings is 1. The van der Waals surface area contributed by atoms with Crippen molar-refractivity contribution in [3.05, 3.63) is 29.3 Å². The molecule has 0 saturated heterocycles. The second-order valence-corrected chi connectivity index (χ2v) is 3.40. The first-order chi connectivity index (χ1) is 6.06. The van der Waals surface area contributed by atoms with Crippen LogP contribution in [0.3, 0.4) is 0 Å². The van der Waals surface area contributed by atoms with Crippen LogP contribution < -0.4 is 10.5 Å². The zero-order valence-electron chi connectivity index (χ0n) is 6.85. The van der Waals surface area contributed by atoms with Crippen molar-refractivity contribution in [1.82, 2.24) is 0 Å². The molecular formula is C8H8BrF2NO. The van der Waals surface area contributed by atoms with E-state index in [0.29, 0.717) is 0 Å². The summed E-state index contributed by atoms with van der Waals surface area (Å²) in [6.45, 7) is 0. The van der Waals surface area contributed by atoms with Crippen LogP contribution in [0.25, 0.3) is 0 Å². The maximum absolute atomic E-state index is 13.1. The summed E-state index contributed by atoms with van der Waals surface area (Å²) in [7, 11) is 1.27. The third-order valence-corrected chi connectivity index (χ3v) is 2.06. The molecule has 1 aromatic rings. The van der Waals surface area contributed by atoms with Gasteiger partial charge in [0.15, 0.2) is 11.6 Å². The third-order valence-electron chi connectivity index (χ3n) is 1.57. The summed E-state index contributed by atoms with van der Waals surface area (Å²) in [5, 5.41) is 0. The summed E-state index contributed by atoms with van der Waals surface area (Å²) >= 11 is 2.94. The predicted molar refractivity (Wildman–Crippen MR) is 48.8 cm³/mol. The molecule has 5 heteroatoms. The maximum atomic E-state index is 13.1. The maximum Gasteiger partial charge on any atom is 0.165 e. The van der Waals surface area contributed by atoms with E-state index in [0.717, 1.165) is 12.1 Å². The van der Waals surface area contributed by atoms with Crippen LogP contribution in [0.1, 0.15) is 10.5 Å². The van der Waals surface area contributed by atoms with Gasteiger partial charge in [0.25, 0.3) is 0 Å². The van der Waals surface area contributed by atoms with Gasteiger partial charge in [-0.15, -0.1) is 0 Å². The zero-order valence-corrected chi connectivity index (χ0v) is 8.44. The van der Waals surface area contributed by atoms with E-state index in [4.69, 9.17) is 5.73 Å². The van der Waals surface area contributed by atoms with Crippen molar-refractivity contribution in [2.24, 2.45) is 5.73 Å². The molecule has 0 aliphatic rings. The van der Waals surface area contributed by atoms with Gasteiger partial charge in [-0.05, 0) is 6.07 Å². The van der Waals surface area contributed by atoms with Crippen molar-refractivity contribution < 1.29 is 13.5 Å². The van der Waals surface area contributed by atoms with Crippen LogP contribution in [-0.2, 0) is 0 Å². The number of nitrogens with two attached hydrogens (primary N) is 1. The van der Waals surface area contributed by atoms with Crippen LogP contribution in [0.4, 0.5) is 8.78 Å². The van der Waals surface area contributed by atoms with Gasteiger partial charge in [0.1, 0.15) is 5.82 Å². The molecule has 72 valence electrons. The van der Waals surface area contributed by atoms with Crippen molar-refractivity contribution in [3.8, 4) is 5.75 Å². The summed E-state index contributed by atoms with van der Waals surface area (Å²) in [5.74, 6) is -1.36. The molecule has 1 atom stereocenters. The smallest absolute Gasteiger partial charge is 0.165 e. The Balaban J connectivity index is 3.20. The molecule has 0 aliphatic heterocycles. The molecule has 13 heavy (non-hydrogen) atoms. The SMILES string of the molecule is COc1cc(F)c(C(N)Br)cc1F. The first-order valence-electron chi connectivity index (χ1n) is 3.49. The lowest BCUT2D eigenvalue weighted by Crippen LogP contribution is -2.05. The first kappa shape index (κ1) is 10.4. The van der Waals surface area contributed by atoms with Crippen molar-refractivity contribution in [2.45, 2.75) is 4.95 Å². The van der Waals surface area contributed by atoms with Gasteiger partial charge in [0.2, 0.25) is 0 Å². The molecule has 0 radical (unpaired) electrons. The Kier molecular flexibility index (Phi) is 3.22. The summed E-state index contributed by atoms with van der Waals surface area (Å²) in [4.78, 5) is -0.715. The molecule has 2 nitrogen and oxygen atoms in total. The Morgan fingerprint density at radius 3 is 2.46 bits per heavy atom. The molecular weight excluding hydrogens is 244 g/mol. The number of hydrogen-bond acceptors (Lipinski definition) is 2. The van der Waals surface area contributed by atoms with E-state index in [2.05, 4.69) is 20.7 Å². The highest BCUT2D eigenvalue weighted by Gasteiger charge is 2.13. The molecule has 1 rings (SSSR count). The monoisotopic (exact) mass is 251 g/mol. The van der Waals surface area contributed by atoms with Gasteiger partial charge in [-0.25, -0.2) is 8.78 Å². The number of ether oxygens (including phenoxy) is 1. The van der Waals surface area contributed by atoms with E-state index in [1.165, 1.54) is 7.11 Å². The van der Waals surface area contributed by atoms with Gasteiger partial charge in [-0.1, -0.05) is 15.9 Å².